The monoisotopic (exact) mass is 438 g/mol. The molecule has 0 radical (unpaired) electrons. The van der Waals surface area contributed by atoms with Gasteiger partial charge in [-0.2, -0.15) is 26.3 Å². The number of hydrogen-bond donors (Lipinski definition) is 3. The van der Waals surface area contributed by atoms with Crippen molar-refractivity contribution >= 4 is 23.2 Å². The number of carbonyl (C=O) groups excluding carboxylic acids is 2. The Balaban J connectivity index is 2.17. The molecule has 0 saturated carbocycles. The number of Topliss-reactive ketones (excluding diaryl/α,β-unsaturated/α-hetero) is 1. The number of aliphatic hydroxyl groups is 1. The van der Waals surface area contributed by atoms with Gasteiger partial charge in [-0.1, -0.05) is 18.2 Å². The Morgan fingerprint density at radius 1 is 1.10 bits per heavy atom. The summed E-state index contributed by atoms with van der Waals surface area (Å²) in [4.78, 5) is 24.5. The van der Waals surface area contributed by atoms with E-state index in [4.69, 9.17) is 0 Å². The zero-order chi connectivity index (χ0) is 21.6. The summed E-state index contributed by atoms with van der Waals surface area (Å²) in [5.74, 6) is -3.56. The van der Waals surface area contributed by atoms with Gasteiger partial charge in [-0.15, -0.1) is 11.3 Å². The lowest BCUT2D eigenvalue weighted by Gasteiger charge is -2.45. The van der Waals surface area contributed by atoms with E-state index in [1.165, 1.54) is 22.8 Å². The lowest BCUT2D eigenvalue weighted by atomic mass is 9.78. The van der Waals surface area contributed by atoms with Crippen LogP contribution in [-0.4, -0.2) is 28.8 Å². The fourth-order valence-corrected chi connectivity index (χ4v) is 3.80. The summed E-state index contributed by atoms with van der Waals surface area (Å²) in [6, 6.07) is 2.44. The summed E-state index contributed by atoms with van der Waals surface area (Å²) in [5.41, 5.74) is -5.58. The third-order valence-corrected chi connectivity index (χ3v) is 5.31. The topological polar surface area (TPSA) is 78.4 Å². The van der Waals surface area contributed by atoms with Gasteiger partial charge < -0.3 is 15.7 Å². The molecule has 1 aliphatic rings. The lowest BCUT2D eigenvalue weighted by Crippen LogP contribution is -2.72. The van der Waals surface area contributed by atoms with Crippen LogP contribution in [0, 0.1) is 5.92 Å². The summed E-state index contributed by atoms with van der Waals surface area (Å²) in [6.07, 6.45) is -10.3. The third-order valence-electron chi connectivity index (χ3n) is 4.43. The second-order valence-electron chi connectivity index (χ2n) is 6.28. The zero-order valence-corrected chi connectivity index (χ0v) is 15.0. The Hall–Kier alpha value is -2.60. The molecule has 1 aromatic heterocycles. The molecule has 0 spiro atoms. The Labute approximate surface area is 163 Å². The van der Waals surface area contributed by atoms with Gasteiger partial charge in [0.05, 0.1) is 16.5 Å². The van der Waals surface area contributed by atoms with E-state index in [0.717, 1.165) is 23.5 Å². The predicted molar refractivity (Wildman–Crippen MR) is 89.0 cm³/mol. The smallest absolute Gasteiger partial charge is 0.363 e. The number of benzene rings is 1. The number of hydrogen-bond acceptors (Lipinski definition) is 4. The van der Waals surface area contributed by atoms with E-state index in [1.807, 2.05) is 5.32 Å². The molecule has 0 bridgehead atoms. The zero-order valence-electron chi connectivity index (χ0n) is 14.1. The van der Waals surface area contributed by atoms with Crippen molar-refractivity contribution in [2.24, 2.45) is 5.92 Å². The molecule has 3 N–H and O–H groups in total. The molecule has 3 rings (SSSR count). The summed E-state index contributed by atoms with van der Waals surface area (Å²) < 4.78 is 80.2. The molecule has 0 unspecified atom stereocenters. The van der Waals surface area contributed by atoms with Crippen molar-refractivity contribution in [3.63, 3.8) is 0 Å². The van der Waals surface area contributed by atoms with Gasteiger partial charge in [-0.25, -0.2) is 4.79 Å². The van der Waals surface area contributed by atoms with Crippen LogP contribution in [0.1, 0.15) is 26.8 Å². The number of halogens is 6. The molecule has 29 heavy (non-hydrogen) atoms. The summed E-state index contributed by atoms with van der Waals surface area (Å²) in [7, 11) is 0. The first-order valence-electron chi connectivity index (χ1n) is 7.97. The van der Waals surface area contributed by atoms with Crippen molar-refractivity contribution < 1.29 is 41.0 Å². The van der Waals surface area contributed by atoms with Crippen LogP contribution >= 0.6 is 11.3 Å². The SMILES string of the molecule is O=C1N[C@H](c2cccc(C(F)(F)F)c2)[C@H](C(=O)c2cccs2)[C@](O)(C(F)(F)F)N1. The first kappa shape index (κ1) is 21.1. The van der Waals surface area contributed by atoms with Crippen LogP contribution in [0.5, 0.6) is 0 Å². The predicted octanol–water partition coefficient (Wildman–Crippen LogP) is 3.87. The second-order valence-corrected chi connectivity index (χ2v) is 7.23. The van der Waals surface area contributed by atoms with E-state index >= 15 is 0 Å². The highest BCUT2D eigenvalue weighted by Gasteiger charge is 2.66. The molecule has 1 fully saturated rings. The van der Waals surface area contributed by atoms with E-state index in [0.29, 0.717) is 12.1 Å². The minimum absolute atomic E-state index is 0.160. The van der Waals surface area contributed by atoms with Crippen LogP contribution in [0.2, 0.25) is 0 Å². The number of rotatable bonds is 3. The molecule has 2 aromatic rings. The maximum Gasteiger partial charge on any atom is 0.437 e. The Morgan fingerprint density at radius 2 is 1.79 bits per heavy atom. The highest BCUT2D eigenvalue weighted by molar-refractivity contribution is 7.12. The third kappa shape index (κ3) is 3.81. The molecule has 2 amide bonds. The number of ketones is 1. The quantitative estimate of drug-likeness (QED) is 0.503. The molecule has 1 saturated heterocycles. The highest BCUT2D eigenvalue weighted by Crippen LogP contribution is 2.45. The standard InChI is InChI=1S/C17H12F6N2O3S/c18-16(19,20)9-4-1-3-8(7-9)12-11(13(26)10-5-2-6-29-10)15(28,17(21,22)23)25-14(27)24-12/h1-7,11-12,28H,(H2,24,25,27)/t11-,12-,15+/m1/s1. The Morgan fingerprint density at radius 3 is 2.34 bits per heavy atom. The van der Waals surface area contributed by atoms with Crippen LogP contribution in [-0.2, 0) is 6.18 Å². The number of amides is 2. The van der Waals surface area contributed by atoms with Gasteiger partial charge in [0.1, 0.15) is 5.92 Å². The number of carbonyl (C=O) groups is 2. The molecule has 0 aliphatic carbocycles. The van der Waals surface area contributed by atoms with Gasteiger partial charge in [-0.05, 0) is 29.1 Å². The average Bonchev–Trinajstić information content (AvgIpc) is 3.14. The van der Waals surface area contributed by atoms with E-state index in [-0.39, 0.29) is 4.88 Å². The molecule has 156 valence electrons. The van der Waals surface area contributed by atoms with Crippen molar-refractivity contribution in [1.29, 1.82) is 0 Å². The minimum Gasteiger partial charge on any atom is -0.363 e. The largest absolute Gasteiger partial charge is 0.437 e. The van der Waals surface area contributed by atoms with E-state index < -0.39 is 53.0 Å². The first-order valence-corrected chi connectivity index (χ1v) is 8.85. The van der Waals surface area contributed by atoms with E-state index in [2.05, 4.69) is 0 Å². The van der Waals surface area contributed by atoms with Crippen molar-refractivity contribution in [3.8, 4) is 0 Å². The summed E-state index contributed by atoms with van der Waals surface area (Å²) in [6.45, 7) is 0. The molecule has 2 heterocycles. The van der Waals surface area contributed by atoms with Gasteiger partial charge in [0.2, 0.25) is 5.72 Å². The van der Waals surface area contributed by atoms with Crippen molar-refractivity contribution in [3.05, 3.63) is 57.8 Å². The van der Waals surface area contributed by atoms with Gasteiger partial charge in [0.25, 0.3) is 0 Å². The number of nitrogens with one attached hydrogen (secondary N) is 2. The van der Waals surface area contributed by atoms with Crippen LogP contribution in [0.4, 0.5) is 31.1 Å². The van der Waals surface area contributed by atoms with Gasteiger partial charge in [0, 0.05) is 0 Å². The number of urea groups is 1. The Kier molecular flexibility index (Phi) is 5.11. The highest BCUT2D eigenvalue weighted by atomic mass is 32.1. The van der Waals surface area contributed by atoms with E-state index in [9.17, 15) is 41.0 Å². The molecule has 3 atom stereocenters. The maximum absolute atomic E-state index is 13.7. The molecule has 5 nitrogen and oxygen atoms in total. The van der Waals surface area contributed by atoms with Crippen LogP contribution in [0.15, 0.2) is 41.8 Å². The van der Waals surface area contributed by atoms with Gasteiger partial charge >= 0.3 is 18.4 Å². The van der Waals surface area contributed by atoms with Crippen molar-refractivity contribution in [2.75, 3.05) is 0 Å². The molecule has 12 heteroatoms. The normalized spacial score (nSPS) is 25.3. The maximum atomic E-state index is 13.7. The van der Waals surface area contributed by atoms with Crippen LogP contribution in [0.3, 0.4) is 0 Å². The minimum atomic E-state index is -5.48. The molecule has 1 aromatic carbocycles. The first-order chi connectivity index (χ1) is 13.3. The molecule has 1 aliphatic heterocycles. The molecular weight excluding hydrogens is 426 g/mol. The van der Waals surface area contributed by atoms with Crippen LogP contribution < -0.4 is 10.6 Å². The summed E-state index contributed by atoms with van der Waals surface area (Å²) in [5, 5.41) is 15.1. The second kappa shape index (κ2) is 7.02. The Bertz CT molecular complexity index is 928. The van der Waals surface area contributed by atoms with Crippen molar-refractivity contribution in [2.45, 2.75) is 24.1 Å². The number of thiophene rings is 1. The fraction of sp³-hybridized carbons (Fsp3) is 0.294. The van der Waals surface area contributed by atoms with Crippen LogP contribution in [0.25, 0.3) is 0 Å². The van der Waals surface area contributed by atoms with Gasteiger partial charge in [-0.3, -0.25) is 4.79 Å². The fourth-order valence-electron chi connectivity index (χ4n) is 3.10. The van der Waals surface area contributed by atoms with E-state index in [1.54, 1.807) is 0 Å². The lowest BCUT2D eigenvalue weighted by molar-refractivity contribution is -0.287. The van der Waals surface area contributed by atoms with Crippen molar-refractivity contribution in [1.82, 2.24) is 10.6 Å². The summed E-state index contributed by atoms with van der Waals surface area (Å²) >= 11 is 0.793. The average molecular weight is 438 g/mol. The van der Waals surface area contributed by atoms with Gasteiger partial charge in [0.15, 0.2) is 5.78 Å². The number of alkyl halides is 6. The molecular formula is C17H12F6N2O3S.